The van der Waals surface area contributed by atoms with Gasteiger partial charge in [-0.15, -0.1) is 11.8 Å². The maximum atomic E-state index is 12.7. The zero-order chi connectivity index (χ0) is 26.6. The normalized spacial score (nSPS) is 15.4. The molecule has 192 valence electrons. The van der Waals surface area contributed by atoms with Crippen LogP contribution >= 0.6 is 23.4 Å². The van der Waals surface area contributed by atoms with Gasteiger partial charge >= 0.3 is 0 Å². The summed E-state index contributed by atoms with van der Waals surface area (Å²) in [6.07, 6.45) is 1.66. The number of rotatable bonds is 7. The number of hydrazone groups is 1. The van der Waals surface area contributed by atoms with E-state index in [9.17, 15) is 9.59 Å². The molecule has 1 atom stereocenters. The smallest absolute Gasteiger partial charge is 0.271 e. The van der Waals surface area contributed by atoms with Gasteiger partial charge in [0.25, 0.3) is 5.91 Å². The van der Waals surface area contributed by atoms with E-state index in [0.717, 1.165) is 33.8 Å². The minimum absolute atomic E-state index is 0.0752. The Morgan fingerprint density at radius 3 is 2.47 bits per heavy atom. The fourth-order valence-corrected chi connectivity index (χ4v) is 5.93. The Bertz CT molecular complexity index is 1480. The van der Waals surface area contributed by atoms with Gasteiger partial charge in [-0.25, -0.2) is 5.43 Å². The summed E-state index contributed by atoms with van der Waals surface area (Å²) >= 11 is 7.63. The topological polar surface area (TPSA) is 66.7 Å². The molecule has 0 bridgehead atoms. The Morgan fingerprint density at radius 2 is 1.76 bits per heavy atom. The molecule has 1 N–H and O–H groups in total. The molecule has 1 unspecified atom stereocenters. The lowest BCUT2D eigenvalue weighted by Gasteiger charge is -2.24. The van der Waals surface area contributed by atoms with E-state index >= 15 is 0 Å². The van der Waals surface area contributed by atoms with Gasteiger partial charge in [-0.3, -0.25) is 9.59 Å². The third kappa shape index (κ3) is 5.54. The largest absolute Gasteiger partial charge is 0.322 e. The summed E-state index contributed by atoms with van der Waals surface area (Å²) in [5, 5.41) is 4.81. The van der Waals surface area contributed by atoms with Gasteiger partial charge in [0.2, 0.25) is 5.91 Å². The van der Waals surface area contributed by atoms with E-state index in [1.165, 1.54) is 0 Å². The molecule has 0 radical (unpaired) electrons. The second kappa shape index (κ2) is 11.3. The first-order valence-electron chi connectivity index (χ1n) is 12.2. The van der Waals surface area contributed by atoms with Crippen LogP contribution in [0.3, 0.4) is 0 Å². The van der Waals surface area contributed by atoms with Crippen molar-refractivity contribution in [3.05, 3.63) is 124 Å². The van der Waals surface area contributed by atoms with Crippen molar-refractivity contribution in [1.29, 1.82) is 0 Å². The molecule has 1 aliphatic heterocycles. The second-order valence-corrected chi connectivity index (χ2v) is 10.6. The zero-order valence-electron chi connectivity index (χ0n) is 21.1. The zero-order valence-corrected chi connectivity index (χ0v) is 22.7. The summed E-state index contributed by atoms with van der Waals surface area (Å²) in [6.45, 7) is 4.60. The number of amides is 2. The molecule has 38 heavy (non-hydrogen) atoms. The quantitative estimate of drug-likeness (QED) is 0.220. The van der Waals surface area contributed by atoms with Gasteiger partial charge in [-0.1, -0.05) is 54.1 Å². The van der Waals surface area contributed by atoms with Crippen molar-refractivity contribution in [2.24, 2.45) is 5.10 Å². The molecule has 0 aliphatic carbocycles. The van der Waals surface area contributed by atoms with E-state index in [1.807, 2.05) is 91.5 Å². The van der Waals surface area contributed by atoms with E-state index in [0.29, 0.717) is 22.9 Å². The number of hydrogen-bond acceptors (Lipinski definition) is 4. The van der Waals surface area contributed by atoms with Gasteiger partial charge in [0.15, 0.2) is 0 Å². The van der Waals surface area contributed by atoms with E-state index in [1.54, 1.807) is 30.1 Å². The highest BCUT2D eigenvalue weighted by atomic mass is 35.5. The maximum absolute atomic E-state index is 12.7. The summed E-state index contributed by atoms with van der Waals surface area (Å²) in [6, 6.07) is 27.0. The minimum Gasteiger partial charge on any atom is -0.322 e. The van der Waals surface area contributed by atoms with Gasteiger partial charge in [-0.05, 0) is 67.4 Å². The number of aromatic nitrogens is 1. The molecule has 1 saturated heterocycles. The first kappa shape index (κ1) is 25.8. The molecule has 1 fully saturated rings. The molecule has 0 spiro atoms. The molecule has 0 saturated carbocycles. The van der Waals surface area contributed by atoms with Crippen LogP contribution in [0, 0.1) is 13.8 Å². The predicted octanol–water partition coefficient (Wildman–Crippen LogP) is 6.29. The van der Waals surface area contributed by atoms with Crippen molar-refractivity contribution in [3.63, 3.8) is 0 Å². The Balaban J connectivity index is 1.24. The Labute approximate surface area is 231 Å². The van der Waals surface area contributed by atoms with Crippen LogP contribution in [0.4, 0.5) is 0 Å². The van der Waals surface area contributed by atoms with Crippen LogP contribution in [0.2, 0.25) is 5.02 Å². The average Bonchev–Trinajstić information content (AvgIpc) is 3.43. The Kier molecular flexibility index (Phi) is 7.67. The molecule has 2 amide bonds. The maximum Gasteiger partial charge on any atom is 0.271 e. The standard InChI is InChI=1S/C30H27ClN4O2S/c1-20-16-25(21(2)35(20)27-14-12-26(31)13-15-27)17-32-33-29(37)23-8-10-24(11-9-23)30-34(28(36)19-38-30)18-22-6-4-3-5-7-22/h3-17,30H,18-19H2,1-2H3,(H,33,37)/b32-17+. The lowest BCUT2D eigenvalue weighted by molar-refractivity contribution is -0.128. The molecule has 8 heteroatoms. The van der Waals surface area contributed by atoms with E-state index in [4.69, 9.17) is 11.6 Å². The SMILES string of the molecule is Cc1cc(/C=N/NC(=O)c2ccc(C3SCC(=O)N3Cc3ccccc3)cc2)c(C)n1-c1ccc(Cl)cc1. The highest BCUT2D eigenvalue weighted by Gasteiger charge is 2.32. The summed E-state index contributed by atoms with van der Waals surface area (Å²) in [7, 11) is 0. The molecule has 5 rings (SSSR count). The van der Waals surface area contributed by atoms with Crippen LogP contribution < -0.4 is 5.43 Å². The van der Waals surface area contributed by atoms with E-state index < -0.39 is 0 Å². The highest BCUT2D eigenvalue weighted by molar-refractivity contribution is 8.00. The van der Waals surface area contributed by atoms with Crippen molar-refractivity contribution < 1.29 is 9.59 Å². The summed E-state index contributed by atoms with van der Waals surface area (Å²) in [5.41, 5.74) is 9.20. The Hall–Kier alpha value is -3.81. The number of thioether (sulfide) groups is 1. The van der Waals surface area contributed by atoms with Crippen LogP contribution in [-0.4, -0.2) is 33.2 Å². The van der Waals surface area contributed by atoms with Gasteiger partial charge in [0, 0.05) is 39.8 Å². The first-order chi connectivity index (χ1) is 18.4. The van der Waals surface area contributed by atoms with Crippen LogP contribution in [-0.2, 0) is 11.3 Å². The van der Waals surface area contributed by atoms with Gasteiger partial charge < -0.3 is 9.47 Å². The van der Waals surface area contributed by atoms with Crippen molar-refractivity contribution in [1.82, 2.24) is 14.9 Å². The number of benzene rings is 3. The van der Waals surface area contributed by atoms with Crippen LogP contribution in [0.1, 0.15) is 43.8 Å². The number of carbonyl (C=O) groups is 2. The molecule has 1 aliphatic rings. The summed E-state index contributed by atoms with van der Waals surface area (Å²) in [5.74, 6) is 0.277. The van der Waals surface area contributed by atoms with Gasteiger partial charge in [0.05, 0.1) is 12.0 Å². The van der Waals surface area contributed by atoms with E-state index in [2.05, 4.69) is 15.1 Å². The third-order valence-corrected chi connectivity index (χ3v) is 8.05. The Morgan fingerprint density at radius 1 is 1.05 bits per heavy atom. The average molecular weight is 543 g/mol. The lowest BCUT2D eigenvalue weighted by Crippen LogP contribution is -2.27. The summed E-state index contributed by atoms with van der Waals surface area (Å²) in [4.78, 5) is 27.1. The van der Waals surface area contributed by atoms with Crippen LogP contribution in [0.5, 0.6) is 0 Å². The number of nitrogens with one attached hydrogen (secondary N) is 1. The third-order valence-electron chi connectivity index (χ3n) is 6.55. The fraction of sp³-hybridized carbons (Fsp3) is 0.167. The molecule has 2 heterocycles. The summed E-state index contributed by atoms with van der Waals surface area (Å²) < 4.78 is 2.12. The monoisotopic (exact) mass is 542 g/mol. The van der Waals surface area contributed by atoms with Crippen molar-refractivity contribution in [2.75, 3.05) is 5.75 Å². The molecular weight excluding hydrogens is 516 g/mol. The van der Waals surface area contributed by atoms with Gasteiger partial charge in [0.1, 0.15) is 5.37 Å². The number of halogens is 1. The fourth-order valence-electron chi connectivity index (χ4n) is 4.61. The van der Waals surface area contributed by atoms with Crippen molar-refractivity contribution in [3.8, 4) is 5.69 Å². The number of hydrogen-bond donors (Lipinski definition) is 1. The molecule has 6 nitrogen and oxygen atoms in total. The van der Waals surface area contributed by atoms with Crippen molar-refractivity contribution >= 4 is 41.4 Å². The van der Waals surface area contributed by atoms with Crippen molar-refractivity contribution in [2.45, 2.75) is 25.8 Å². The second-order valence-electron chi connectivity index (χ2n) is 9.13. The number of carbonyl (C=O) groups excluding carboxylic acids is 2. The highest BCUT2D eigenvalue weighted by Crippen LogP contribution is 2.39. The minimum atomic E-state index is -0.296. The molecule has 1 aromatic heterocycles. The molecule has 3 aromatic carbocycles. The predicted molar refractivity (Wildman–Crippen MR) is 154 cm³/mol. The number of aryl methyl sites for hydroxylation is 1. The van der Waals surface area contributed by atoms with Crippen LogP contribution in [0.25, 0.3) is 5.69 Å². The van der Waals surface area contributed by atoms with E-state index in [-0.39, 0.29) is 17.2 Å². The lowest BCUT2D eigenvalue weighted by atomic mass is 10.1. The molecular formula is C30H27ClN4O2S. The molecule has 4 aromatic rings. The number of nitrogens with zero attached hydrogens (tertiary/aromatic N) is 3. The van der Waals surface area contributed by atoms with Crippen LogP contribution in [0.15, 0.2) is 90.0 Å². The first-order valence-corrected chi connectivity index (χ1v) is 13.7. The van der Waals surface area contributed by atoms with Gasteiger partial charge in [-0.2, -0.15) is 5.10 Å².